The standard InChI is InChI=1S/C17H19BrClN3/c1-4-22(3)11-20-16-9-14(19)10-17(12(16)2)21-15-7-5-6-13(18)8-15/h5-11,21H,4H2,1-3H3/b20-11-. The molecule has 0 atom stereocenters. The fraction of sp³-hybridized carbons (Fsp3) is 0.235. The fourth-order valence-corrected chi connectivity index (χ4v) is 2.50. The van der Waals surface area contributed by atoms with Crippen LogP contribution in [0.1, 0.15) is 12.5 Å². The zero-order valence-corrected chi connectivity index (χ0v) is 15.2. The normalized spacial score (nSPS) is 11.0. The molecule has 0 fully saturated rings. The van der Waals surface area contributed by atoms with E-state index < -0.39 is 0 Å². The predicted octanol–water partition coefficient (Wildman–Crippen LogP) is 5.77. The van der Waals surface area contributed by atoms with Crippen LogP contribution in [0.15, 0.2) is 45.9 Å². The number of nitrogens with zero attached hydrogens (tertiary/aromatic N) is 2. The molecule has 0 amide bonds. The van der Waals surface area contributed by atoms with Gasteiger partial charge in [-0.1, -0.05) is 33.6 Å². The van der Waals surface area contributed by atoms with Gasteiger partial charge >= 0.3 is 0 Å². The summed E-state index contributed by atoms with van der Waals surface area (Å²) >= 11 is 9.71. The first-order valence-electron chi connectivity index (χ1n) is 7.06. The van der Waals surface area contributed by atoms with Crippen molar-refractivity contribution in [1.29, 1.82) is 0 Å². The maximum absolute atomic E-state index is 6.23. The number of nitrogens with one attached hydrogen (secondary N) is 1. The van der Waals surface area contributed by atoms with Crippen LogP contribution >= 0.6 is 27.5 Å². The van der Waals surface area contributed by atoms with E-state index in [-0.39, 0.29) is 0 Å². The van der Waals surface area contributed by atoms with Crippen molar-refractivity contribution in [2.75, 3.05) is 18.9 Å². The van der Waals surface area contributed by atoms with Crippen LogP contribution in [0.25, 0.3) is 0 Å². The van der Waals surface area contributed by atoms with Gasteiger partial charge in [-0.25, -0.2) is 4.99 Å². The maximum atomic E-state index is 6.23. The molecule has 116 valence electrons. The van der Waals surface area contributed by atoms with E-state index in [0.717, 1.165) is 33.6 Å². The number of aliphatic imine (C=N–C) groups is 1. The SMILES string of the molecule is CCN(C)/C=N\c1cc(Cl)cc(Nc2cccc(Br)c2)c1C. The first kappa shape index (κ1) is 16.8. The molecule has 0 aliphatic heterocycles. The Labute approximate surface area is 145 Å². The van der Waals surface area contributed by atoms with Gasteiger partial charge in [0.25, 0.3) is 0 Å². The van der Waals surface area contributed by atoms with Crippen LogP contribution in [-0.4, -0.2) is 24.8 Å². The molecular weight excluding hydrogens is 362 g/mol. The molecule has 22 heavy (non-hydrogen) atoms. The van der Waals surface area contributed by atoms with Crippen LogP contribution in [-0.2, 0) is 0 Å². The number of halogens is 2. The van der Waals surface area contributed by atoms with E-state index >= 15 is 0 Å². The third-order valence-corrected chi connectivity index (χ3v) is 4.05. The van der Waals surface area contributed by atoms with Crippen molar-refractivity contribution in [1.82, 2.24) is 4.90 Å². The van der Waals surface area contributed by atoms with Gasteiger partial charge in [-0.2, -0.15) is 0 Å². The largest absolute Gasteiger partial charge is 0.366 e. The van der Waals surface area contributed by atoms with Crippen LogP contribution < -0.4 is 5.32 Å². The Morgan fingerprint density at radius 1 is 1.32 bits per heavy atom. The molecule has 0 bridgehead atoms. The summed E-state index contributed by atoms with van der Waals surface area (Å²) in [7, 11) is 1.99. The molecule has 2 aromatic rings. The molecule has 0 aliphatic rings. The number of anilines is 2. The minimum Gasteiger partial charge on any atom is -0.366 e. The zero-order valence-electron chi connectivity index (χ0n) is 12.9. The quantitative estimate of drug-likeness (QED) is 0.527. The molecular formula is C17H19BrClN3. The second-order valence-corrected chi connectivity index (χ2v) is 6.40. The lowest BCUT2D eigenvalue weighted by molar-refractivity contribution is 0.552. The zero-order chi connectivity index (χ0) is 16.1. The number of rotatable bonds is 5. The Kier molecular flexibility index (Phi) is 5.86. The second kappa shape index (κ2) is 7.65. The van der Waals surface area contributed by atoms with Crippen molar-refractivity contribution in [3.63, 3.8) is 0 Å². The highest BCUT2D eigenvalue weighted by Crippen LogP contribution is 2.32. The Morgan fingerprint density at radius 3 is 2.77 bits per heavy atom. The van der Waals surface area contributed by atoms with Gasteiger partial charge in [0.1, 0.15) is 0 Å². The molecule has 0 aromatic heterocycles. The molecule has 5 heteroatoms. The fourth-order valence-electron chi connectivity index (χ4n) is 1.89. The topological polar surface area (TPSA) is 27.6 Å². The molecule has 0 radical (unpaired) electrons. The highest BCUT2D eigenvalue weighted by atomic mass is 79.9. The number of benzene rings is 2. The summed E-state index contributed by atoms with van der Waals surface area (Å²) in [6, 6.07) is 11.8. The molecule has 0 saturated carbocycles. The molecule has 2 rings (SSSR count). The molecule has 0 unspecified atom stereocenters. The third-order valence-electron chi connectivity index (χ3n) is 3.34. The Morgan fingerprint density at radius 2 is 2.09 bits per heavy atom. The maximum Gasteiger partial charge on any atom is 0.0909 e. The Hall–Kier alpha value is -1.52. The van der Waals surface area contributed by atoms with Gasteiger partial charge in [-0.15, -0.1) is 0 Å². The number of hydrogen-bond acceptors (Lipinski definition) is 2. The van der Waals surface area contributed by atoms with Gasteiger partial charge in [0.05, 0.1) is 12.0 Å². The van der Waals surface area contributed by atoms with Gasteiger partial charge in [0.15, 0.2) is 0 Å². The van der Waals surface area contributed by atoms with Gasteiger partial charge in [0, 0.05) is 34.5 Å². The Balaban J connectivity index is 2.32. The first-order chi connectivity index (χ1) is 10.5. The predicted molar refractivity (Wildman–Crippen MR) is 100 cm³/mol. The second-order valence-electron chi connectivity index (χ2n) is 5.05. The summed E-state index contributed by atoms with van der Waals surface area (Å²) in [5.41, 5.74) is 3.88. The summed E-state index contributed by atoms with van der Waals surface area (Å²) in [5.74, 6) is 0. The molecule has 0 saturated heterocycles. The smallest absolute Gasteiger partial charge is 0.0909 e. The van der Waals surface area contributed by atoms with Crippen molar-refractivity contribution < 1.29 is 0 Å². The lowest BCUT2D eigenvalue weighted by Crippen LogP contribution is -2.14. The van der Waals surface area contributed by atoms with Crippen molar-refractivity contribution in [2.24, 2.45) is 4.99 Å². The van der Waals surface area contributed by atoms with E-state index in [1.807, 2.05) is 61.6 Å². The summed E-state index contributed by atoms with van der Waals surface area (Å²) in [5, 5.41) is 4.06. The van der Waals surface area contributed by atoms with Crippen molar-refractivity contribution in [3.05, 3.63) is 51.5 Å². The highest BCUT2D eigenvalue weighted by Gasteiger charge is 2.07. The van der Waals surface area contributed by atoms with Crippen molar-refractivity contribution in [3.8, 4) is 0 Å². The minimum atomic E-state index is 0.661. The van der Waals surface area contributed by atoms with E-state index in [0.29, 0.717) is 5.02 Å². The molecule has 0 heterocycles. The lowest BCUT2D eigenvalue weighted by Gasteiger charge is -2.14. The average Bonchev–Trinajstić information content (AvgIpc) is 2.48. The van der Waals surface area contributed by atoms with Gasteiger partial charge in [-0.05, 0) is 49.7 Å². The van der Waals surface area contributed by atoms with E-state index in [4.69, 9.17) is 11.6 Å². The third kappa shape index (κ3) is 4.49. The van der Waals surface area contributed by atoms with Gasteiger partial charge < -0.3 is 10.2 Å². The van der Waals surface area contributed by atoms with E-state index in [1.54, 1.807) is 0 Å². The number of hydrogen-bond donors (Lipinski definition) is 1. The van der Waals surface area contributed by atoms with Gasteiger partial charge in [-0.3, -0.25) is 0 Å². The van der Waals surface area contributed by atoms with E-state index in [1.165, 1.54) is 0 Å². The summed E-state index contributed by atoms with van der Waals surface area (Å²) < 4.78 is 1.03. The molecule has 3 nitrogen and oxygen atoms in total. The summed E-state index contributed by atoms with van der Waals surface area (Å²) in [6.45, 7) is 5.03. The van der Waals surface area contributed by atoms with E-state index in [9.17, 15) is 0 Å². The van der Waals surface area contributed by atoms with Crippen molar-refractivity contribution >= 4 is 50.9 Å². The van der Waals surface area contributed by atoms with E-state index in [2.05, 4.69) is 33.2 Å². The minimum absolute atomic E-state index is 0.661. The molecule has 0 aliphatic carbocycles. The van der Waals surface area contributed by atoms with Gasteiger partial charge in [0.2, 0.25) is 0 Å². The Bertz CT molecular complexity index is 686. The monoisotopic (exact) mass is 379 g/mol. The van der Waals surface area contributed by atoms with Crippen LogP contribution in [0.5, 0.6) is 0 Å². The van der Waals surface area contributed by atoms with Crippen LogP contribution in [0.3, 0.4) is 0 Å². The van der Waals surface area contributed by atoms with Crippen LogP contribution in [0, 0.1) is 6.92 Å². The molecule has 1 N–H and O–H groups in total. The van der Waals surface area contributed by atoms with Crippen LogP contribution in [0.2, 0.25) is 5.02 Å². The highest BCUT2D eigenvalue weighted by molar-refractivity contribution is 9.10. The van der Waals surface area contributed by atoms with Crippen molar-refractivity contribution in [2.45, 2.75) is 13.8 Å². The molecule has 0 spiro atoms. The average molecular weight is 381 g/mol. The summed E-state index contributed by atoms with van der Waals surface area (Å²) in [6.07, 6.45) is 1.82. The molecule has 2 aromatic carbocycles. The van der Waals surface area contributed by atoms with Crippen LogP contribution in [0.4, 0.5) is 17.1 Å². The summed E-state index contributed by atoms with van der Waals surface area (Å²) in [4.78, 5) is 6.54. The lowest BCUT2D eigenvalue weighted by atomic mass is 10.1. The first-order valence-corrected chi connectivity index (χ1v) is 8.24.